The summed E-state index contributed by atoms with van der Waals surface area (Å²) in [4.78, 5) is 13.9. The van der Waals surface area contributed by atoms with Gasteiger partial charge in [0, 0.05) is 19.9 Å². The van der Waals surface area contributed by atoms with E-state index in [0.717, 1.165) is 41.8 Å². The number of imidazole rings is 1. The molecule has 1 saturated carbocycles. The molecule has 1 aliphatic carbocycles. The number of nitrogen functional groups attached to an aromatic ring is 1. The van der Waals surface area contributed by atoms with E-state index in [0.29, 0.717) is 24.5 Å². The number of rotatable bonds is 6. The number of nitrogens with two attached hydrogens (primary N) is 1. The van der Waals surface area contributed by atoms with Gasteiger partial charge in [-0.1, -0.05) is 19.3 Å². The fraction of sp³-hybridized carbons (Fsp3) is 0.550. The molecular weight excluding hydrogens is 342 g/mol. The van der Waals surface area contributed by atoms with Crippen molar-refractivity contribution in [2.75, 3.05) is 19.5 Å². The van der Waals surface area contributed by atoms with Crippen LogP contribution in [-0.4, -0.2) is 38.8 Å². The number of nitrogens with zero attached hydrogens (tertiary/aromatic N) is 4. The van der Waals surface area contributed by atoms with Crippen LogP contribution in [-0.2, 0) is 22.6 Å². The molecule has 3 heterocycles. The Morgan fingerprint density at radius 1 is 1.19 bits per heavy atom. The first-order valence-electron chi connectivity index (χ1n) is 9.69. The number of fused-ring (bicyclic) bond motifs is 3. The summed E-state index contributed by atoms with van der Waals surface area (Å²) in [6.07, 6.45) is 7.51. The van der Waals surface area contributed by atoms with Crippen LogP contribution < -0.4 is 5.73 Å². The smallest absolute Gasteiger partial charge is 0.152 e. The largest absolute Gasteiger partial charge is 0.382 e. The van der Waals surface area contributed by atoms with Crippen molar-refractivity contribution in [3.63, 3.8) is 0 Å². The van der Waals surface area contributed by atoms with E-state index in [1.54, 1.807) is 6.20 Å². The van der Waals surface area contributed by atoms with Gasteiger partial charge in [0.05, 0.1) is 17.7 Å². The molecule has 1 fully saturated rings. The zero-order chi connectivity index (χ0) is 18.9. The van der Waals surface area contributed by atoms with Crippen LogP contribution in [0.1, 0.15) is 44.9 Å². The molecule has 1 aliphatic rings. The Labute approximate surface area is 158 Å². The highest BCUT2D eigenvalue weighted by molar-refractivity contribution is 6.04. The maximum Gasteiger partial charge on any atom is 0.152 e. The molecule has 3 aromatic rings. The van der Waals surface area contributed by atoms with Crippen molar-refractivity contribution in [2.24, 2.45) is 0 Å². The van der Waals surface area contributed by atoms with E-state index in [4.69, 9.17) is 20.2 Å². The normalized spacial score (nSPS) is 17.0. The highest BCUT2D eigenvalue weighted by Gasteiger charge is 2.34. The molecule has 0 atom stereocenters. The zero-order valence-electron chi connectivity index (χ0n) is 16.1. The summed E-state index contributed by atoms with van der Waals surface area (Å²) in [5.74, 6) is 1.28. The van der Waals surface area contributed by atoms with E-state index < -0.39 is 0 Å². The van der Waals surface area contributed by atoms with Crippen molar-refractivity contribution in [3.8, 4) is 0 Å². The highest BCUT2D eigenvalue weighted by atomic mass is 16.5. The van der Waals surface area contributed by atoms with Crippen molar-refractivity contribution in [1.29, 1.82) is 0 Å². The fourth-order valence-corrected chi connectivity index (χ4v) is 4.15. The Bertz CT molecular complexity index is 946. The summed E-state index contributed by atoms with van der Waals surface area (Å²) >= 11 is 0. The van der Waals surface area contributed by atoms with Crippen LogP contribution in [0.5, 0.6) is 0 Å². The average Bonchev–Trinajstić information content (AvgIpc) is 3.06. The Balaban J connectivity index is 1.92. The van der Waals surface area contributed by atoms with E-state index >= 15 is 0 Å². The molecule has 0 aromatic carbocycles. The number of hydrogen-bond donors (Lipinski definition) is 1. The summed E-state index contributed by atoms with van der Waals surface area (Å²) in [5, 5.41) is 0. The van der Waals surface area contributed by atoms with Crippen LogP contribution >= 0.6 is 0 Å². The van der Waals surface area contributed by atoms with E-state index in [2.05, 4.69) is 14.5 Å². The Morgan fingerprint density at radius 3 is 2.74 bits per heavy atom. The molecule has 144 valence electrons. The van der Waals surface area contributed by atoms with Crippen molar-refractivity contribution in [3.05, 3.63) is 24.2 Å². The maximum atomic E-state index is 6.25. The van der Waals surface area contributed by atoms with Gasteiger partial charge in [-0.3, -0.25) is 4.98 Å². The van der Waals surface area contributed by atoms with E-state index in [1.807, 2.05) is 26.2 Å². The SMILES string of the molecule is CCOCc1nc2c(N)nc3cccnc3c2n1CC1(OC)CCCCC1. The molecule has 3 aromatic heterocycles. The molecule has 0 bridgehead atoms. The lowest BCUT2D eigenvalue weighted by atomic mass is 9.84. The van der Waals surface area contributed by atoms with E-state index in [-0.39, 0.29) is 5.60 Å². The number of hydrogen-bond acceptors (Lipinski definition) is 6. The van der Waals surface area contributed by atoms with Gasteiger partial charge in [-0.05, 0) is 31.9 Å². The second-order valence-electron chi connectivity index (χ2n) is 7.26. The summed E-state index contributed by atoms with van der Waals surface area (Å²) < 4.78 is 13.9. The predicted molar refractivity (Wildman–Crippen MR) is 105 cm³/mol. The van der Waals surface area contributed by atoms with Gasteiger partial charge in [0.15, 0.2) is 5.82 Å². The number of ether oxygens (including phenoxy) is 2. The highest BCUT2D eigenvalue weighted by Crippen LogP contribution is 2.36. The summed E-state index contributed by atoms with van der Waals surface area (Å²) in [7, 11) is 1.82. The number of anilines is 1. The Hall–Kier alpha value is -2.25. The average molecular weight is 369 g/mol. The van der Waals surface area contributed by atoms with E-state index in [1.165, 1.54) is 19.3 Å². The van der Waals surface area contributed by atoms with Gasteiger partial charge < -0.3 is 19.8 Å². The molecule has 0 aliphatic heterocycles. The fourth-order valence-electron chi connectivity index (χ4n) is 4.15. The van der Waals surface area contributed by atoms with Crippen LogP contribution in [0.3, 0.4) is 0 Å². The lowest BCUT2D eigenvalue weighted by Gasteiger charge is -2.36. The van der Waals surface area contributed by atoms with Gasteiger partial charge in [0.1, 0.15) is 29.0 Å². The lowest BCUT2D eigenvalue weighted by Crippen LogP contribution is -2.39. The van der Waals surface area contributed by atoms with Gasteiger partial charge in [-0.25, -0.2) is 9.97 Å². The van der Waals surface area contributed by atoms with Gasteiger partial charge in [-0.2, -0.15) is 0 Å². The molecule has 4 rings (SSSR count). The van der Waals surface area contributed by atoms with Crippen molar-refractivity contribution < 1.29 is 9.47 Å². The van der Waals surface area contributed by atoms with Crippen molar-refractivity contribution in [2.45, 2.75) is 57.8 Å². The van der Waals surface area contributed by atoms with Crippen LogP contribution in [0.25, 0.3) is 22.1 Å². The summed E-state index contributed by atoms with van der Waals surface area (Å²) in [6.45, 7) is 3.76. The van der Waals surface area contributed by atoms with Gasteiger partial charge in [0.2, 0.25) is 0 Å². The molecular formula is C20H27N5O2. The molecule has 0 saturated heterocycles. The molecule has 0 radical (unpaired) electrons. The monoisotopic (exact) mass is 369 g/mol. The molecule has 2 N–H and O–H groups in total. The number of methoxy groups -OCH3 is 1. The van der Waals surface area contributed by atoms with Gasteiger partial charge >= 0.3 is 0 Å². The molecule has 0 amide bonds. The van der Waals surface area contributed by atoms with Gasteiger partial charge in [0.25, 0.3) is 0 Å². The number of aromatic nitrogens is 4. The minimum Gasteiger partial charge on any atom is -0.382 e. The molecule has 0 unspecified atom stereocenters. The first kappa shape index (κ1) is 18.1. The lowest BCUT2D eigenvalue weighted by molar-refractivity contribution is -0.0522. The minimum atomic E-state index is -0.189. The van der Waals surface area contributed by atoms with Crippen LogP contribution in [0.4, 0.5) is 5.82 Å². The Morgan fingerprint density at radius 2 is 2.00 bits per heavy atom. The van der Waals surface area contributed by atoms with Crippen molar-refractivity contribution >= 4 is 27.9 Å². The standard InChI is InChI=1S/C20H27N5O2/c1-3-27-12-15-24-17-18(16-14(23-19(17)21)8-7-11-22-16)25(15)13-20(26-2)9-5-4-6-10-20/h7-8,11H,3-6,9-10,12-13H2,1-2H3,(H2,21,23). The molecule has 7 nitrogen and oxygen atoms in total. The topological polar surface area (TPSA) is 88.1 Å². The molecule has 27 heavy (non-hydrogen) atoms. The first-order chi connectivity index (χ1) is 13.2. The number of pyridine rings is 2. The second kappa shape index (κ2) is 7.40. The Kier molecular flexibility index (Phi) is 4.97. The first-order valence-corrected chi connectivity index (χ1v) is 9.69. The zero-order valence-corrected chi connectivity index (χ0v) is 16.1. The third-order valence-electron chi connectivity index (χ3n) is 5.62. The second-order valence-corrected chi connectivity index (χ2v) is 7.26. The predicted octanol–water partition coefficient (Wildman–Crippen LogP) is 3.45. The summed E-state index contributed by atoms with van der Waals surface area (Å²) in [5.41, 5.74) is 9.27. The van der Waals surface area contributed by atoms with E-state index in [9.17, 15) is 0 Å². The quantitative estimate of drug-likeness (QED) is 0.716. The summed E-state index contributed by atoms with van der Waals surface area (Å²) in [6, 6.07) is 3.81. The third kappa shape index (κ3) is 3.26. The maximum absolute atomic E-state index is 6.25. The van der Waals surface area contributed by atoms with Crippen molar-refractivity contribution in [1.82, 2.24) is 19.5 Å². The van der Waals surface area contributed by atoms with Gasteiger partial charge in [-0.15, -0.1) is 0 Å². The van der Waals surface area contributed by atoms with Crippen LogP contribution in [0.2, 0.25) is 0 Å². The molecule has 7 heteroatoms. The van der Waals surface area contributed by atoms with Crippen LogP contribution in [0.15, 0.2) is 18.3 Å². The third-order valence-corrected chi connectivity index (χ3v) is 5.62. The molecule has 0 spiro atoms. The van der Waals surface area contributed by atoms with Crippen LogP contribution in [0, 0.1) is 0 Å². The minimum absolute atomic E-state index is 0.189.